The largest absolute Gasteiger partial charge is 0.394 e. The summed E-state index contributed by atoms with van der Waals surface area (Å²) in [6.45, 7) is 4.20. The second-order valence-electron chi connectivity index (χ2n) is 15.8. The number of hydrogen-bond acceptors (Lipinski definition) is 3. The van der Waals surface area contributed by atoms with Gasteiger partial charge in [0.1, 0.15) is 0 Å². The first-order valence-corrected chi connectivity index (χ1v) is 24.1. The lowest BCUT2D eigenvalue weighted by Gasteiger charge is -2.22. The fourth-order valence-electron chi connectivity index (χ4n) is 6.65. The van der Waals surface area contributed by atoms with E-state index in [4.69, 9.17) is 0 Å². The molecule has 0 aromatic heterocycles. The summed E-state index contributed by atoms with van der Waals surface area (Å²) in [5.74, 6) is -0.0455. The molecule has 58 heavy (non-hydrogen) atoms. The van der Waals surface area contributed by atoms with E-state index in [0.717, 1.165) is 83.5 Å². The third-order valence-electron chi connectivity index (χ3n) is 10.3. The molecule has 0 saturated carbocycles. The molecule has 4 nitrogen and oxygen atoms in total. The van der Waals surface area contributed by atoms with Crippen LogP contribution in [0, 0.1) is 0 Å². The van der Waals surface area contributed by atoms with E-state index < -0.39 is 12.1 Å². The lowest BCUT2D eigenvalue weighted by molar-refractivity contribution is -0.123. The number of hydrogen-bond donors (Lipinski definition) is 3. The standard InChI is InChI=1S/C54H91NO3/c1-3-5-7-9-11-13-14-15-16-17-18-19-20-21-22-23-24-25-26-27-28-29-30-31-32-33-34-35-36-37-38-39-40-42-44-46-48-50-54(58)55-52(51-56)53(57)49-47-45-43-41-12-10-8-6-4-2/h5,7,11,13,15-16,18-19,21-22,24-25,27-28,30-31,33-34,52-53,56-57H,3-4,6,8-10,12,14,17,20,23,26,29,32,35-51H2,1-2H3,(H,55,58)/b7-5-,13-11-,16-15-,19-18-,22-21-,25-24-,28-27-,31-30-,34-33-. The summed E-state index contributed by atoms with van der Waals surface area (Å²) >= 11 is 0. The summed E-state index contributed by atoms with van der Waals surface area (Å²) in [6, 6.07) is -0.544. The maximum absolute atomic E-state index is 12.4. The molecule has 2 unspecified atom stereocenters. The van der Waals surface area contributed by atoms with Gasteiger partial charge in [-0.2, -0.15) is 0 Å². The number of aliphatic hydroxyl groups excluding tert-OH is 2. The number of carbonyl (C=O) groups is 1. The van der Waals surface area contributed by atoms with Gasteiger partial charge in [-0.05, 0) is 83.5 Å². The highest BCUT2D eigenvalue weighted by Gasteiger charge is 2.20. The Morgan fingerprint density at radius 3 is 1.14 bits per heavy atom. The Morgan fingerprint density at radius 2 is 0.759 bits per heavy atom. The second kappa shape index (κ2) is 48.4. The molecule has 0 aromatic carbocycles. The molecule has 0 fully saturated rings. The molecule has 2 atom stereocenters. The second-order valence-corrected chi connectivity index (χ2v) is 15.8. The molecule has 0 spiro atoms. The number of nitrogens with one attached hydrogen (secondary N) is 1. The molecule has 0 aliphatic heterocycles. The molecule has 330 valence electrons. The van der Waals surface area contributed by atoms with Crippen LogP contribution in [0.2, 0.25) is 0 Å². The summed E-state index contributed by atoms with van der Waals surface area (Å²) in [7, 11) is 0. The van der Waals surface area contributed by atoms with Crippen molar-refractivity contribution >= 4 is 5.91 Å². The Hall–Kier alpha value is -2.95. The van der Waals surface area contributed by atoms with E-state index in [1.165, 1.54) is 96.3 Å². The van der Waals surface area contributed by atoms with Gasteiger partial charge in [-0.3, -0.25) is 4.79 Å². The molecule has 0 saturated heterocycles. The number of allylic oxidation sites excluding steroid dienone is 18. The van der Waals surface area contributed by atoms with Gasteiger partial charge < -0.3 is 15.5 Å². The van der Waals surface area contributed by atoms with Gasteiger partial charge in [-0.25, -0.2) is 0 Å². The molecule has 0 aromatic rings. The van der Waals surface area contributed by atoms with Crippen LogP contribution in [0.3, 0.4) is 0 Å². The predicted octanol–water partition coefficient (Wildman–Crippen LogP) is 15.6. The lowest BCUT2D eigenvalue weighted by atomic mass is 10.0. The van der Waals surface area contributed by atoms with Gasteiger partial charge >= 0.3 is 0 Å². The number of aliphatic hydroxyl groups is 2. The normalized spacial score (nSPS) is 13.9. The van der Waals surface area contributed by atoms with E-state index in [1.54, 1.807) is 0 Å². The van der Waals surface area contributed by atoms with Gasteiger partial charge in [-0.15, -0.1) is 0 Å². The highest BCUT2D eigenvalue weighted by Crippen LogP contribution is 2.14. The Kier molecular flexibility index (Phi) is 46.0. The first-order chi connectivity index (χ1) is 28.7. The van der Waals surface area contributed by atoms with Crippen molar-refractivity contribution in [2.75, 3.05) is 6.61 Å². The topological polar surface area (TPSA) is 69.6 Å². The smallest absolute Gasteiger partial charge is 0.220 e. The molecule has 0 aliphatic carbocycles. The van der Waals surface area contributed by atoms with E-state index in [-0.39, 0.29) is 12.5 Å². The minimum Gasteiger partial charge on any atom is -0.394 e. The zero-order valence-electron chi connectivity index (χ0n) is 37.8. The molecule has 0 rings (SSSR count). The van der Waals surface area contributed by atoms with Gasteiger partial charge in [-0.1, -0.05) is 226 Å². The predicted molar refractivity (Wildman–Crippen MR) is 257 cm³/mol. The number of rotatable bonds is 42. The molecule has 3 N–H and O–H groups in total. The van der Waals surface area contributed by atoms with Gasteiger partial charge in [0.2, 0.25) is 5.91 Å². The summed E-state index contributed by atoms with van der Waals surface area (Å²) in [5, 5.41) is 23.0. The molecule has 0 heterocycles. The first kappa shape index (κ1) is 55.0. The molecule has 4 heteroatoms. The fourth-order valence-corrected chi connectivity index (χ4v) is 6.65. The quantitative estimate of drug-likeness (QED) is 0.0425. The van der Waals surface area contributed by atoms with Crippen molar-refractivity contribution in [2.45, 2.75) is 219 Å². The van der Waals surface area contributed by atoms with Gasteiger partial charge in [0.05, 0.1) is 18.8 Å². The minimum atomic E-state index is -0.666. The molecular weight excluding hydrogens is 711 g/mol. The number of carbonyl (C=O) groups excluding carboxylic acids is 1. The molecule has 1 amide bonds. The Bertz CT molecular complexity index is 1140. The third-order valence-corrected chi connectivity index (χ3v) is 10.3. The summed E-state index contributed by atoms with van der Waals surface area (Å²) < 4.78 is 0. The van der Waals surface area contributed by atoms with Crippen LogP contribution in [0.5, 0.6) is 0 Å². The summed E-state index contributed by atoms with van der Waals surface area (Å²) in [4.78, 5) is 12.4. The maximum atomic E-state index is 12.4. The van der Waals surface area contributed by atoms with Crippen molar-refractivity contribution in [1.82, 2.24) is 5.32 Å². The monoisotopic (exact) mass is 802 g/mol. The van der Waals surface area contributed by atoms with Crippen LogP contribution in [-0.4, -0.2) is 34.9 Å². The summed E-state index contributed by atoms with van der Waals surface area (Å²) in [6.07, 6.45) is 73.3. The van der Waals surface area contributed by atoms with Gasteiger partial charge in [0.15, 0.2) is 0 Å². The van der Waals surface area contributed by atoms with Crippen LogP contribution in [0.1, 0.15) is 206 Å². The zero-order valence-corrected chi connectivity index (χ0v) is 37.8. The third kappa shape index (κ3) is 44.2. The minimum absolute atomic E-state index is 0.0455. The zero-order chi connectivity index (χ0) is 42.1. The van der Waals surface area contributed by atoms with Crippen molar-refractivity contribution in [3.05, 3.63) is 109 Å². The van der Waals surface area contributed by atoms with Crippen LogP contribution in [-0.2, 0) is 4.79 Å². The van der Waals surface area contributed by atoms with E-state index in [0.29, 0.717) is 12.8 Å². The molecule has 0 aliphatic rings. The SMILES string of the molecule is CC/C=C\C/C=C\C/C=C\C/C=C\C/C=C\C/C=C\C/C=C\C/C=C\C/C=C\CCCCCCCCCCCC(=O)NC(CO)C(O)CCCCCCCCCCC. The summed E-state index contributed by atoms with van der Waals surface area (Å²) in [5.41, 5.74) is 0. The Balaban J connectivity index is 3.59. The molecular formula is C54H91NO3. The highest BCUT2D eigenvalue weighted by atomic mass is 16.3. The van der Waals surface area contributed by atoms with Crippen LogP contribution < -0.4 is 5.32 Å². The van der Waals surface area contributed by atoms with E-state index in [2.05, 4.69) is 129 Å². The van der Waals surface area contributed by atoms with Crippen molar-refractivity contribution < 1.29 is 15.0 Å². The maximum Gasteiger partial charge on any atom is 0.220 e. The van der Waals surface area contributed by atoms with Gasteiger partial charge in [0, 0.05) is 6.42 Å². The van der Waals surface area contributed by atoms with E-state index >= 15 is 0 Å². The Labute approximate surface area is 359 Å². The van der Waals surface area contributed by atoms with Gasteiger partial charge in [0.25, 0.3) is 0 Å². The fraction of sp³-hybridized carbons (Fsp3) is 0.648. The average Bonchev–Trinajstić information content (AvgIpc) is 3.23. The van der Waals surface area contributed by atoms with E-state index in [9.17, 15) is 15.0 Å². The molecule has 0 radical (unpaired) electrons. The number of amides is 1. The molecule has 0 bridgehead atoms. The van der Waals surface area contributed by atoms with Crippen molar-refractivity contribution in [1.29, 1.82) is 0 Å². The average molecular weight is 802 g/mol. The van der Waals surface area contributed by atoms with Crippen molar-refractivity contribution in [2.24, 2.45) is 0 Å². The van der Waals surface area contributed by atoms with Crippen LogP contribution in [0.15, 0.2) is 109 Å². The van der Waals surface area contributed by atoms with Crippen LogP contribution in [0.4, 0.5) is 0 Å². The van der Waals surface area contributed by atoms with E-state index in [1.807, 2.05) is 0 Å². The lowest BCUT2D eigenvalue weighted by Crippen LogP contribution is -2.45. The highest BCUT2D eigenvalue weighted by molar-refractivity contribution is 5.76. The van der Waals surface area contributed by atoms with Crippen molar-refractivity contribution in [3.63, 3.8) is 0 Å². The van der Waals surface area contributed by atoms with Crippen molar-refractivity contribution in [3.8, 4) is 0 Å². The van der Waals surface area contributed by atoms with Crippen LogP contribution >= 0.6 is 0 Å². The first-order valence-electron chi connectivity index (χ1n) is 24.1. The number of unbranched alkanes of at least 4 members (excludes halogenated alkanes) is 17. The van der Waals surface area contributed by atoms with Crippen LogP contribution in [0.25, 0.3) is 0 Å². The Morgan fingerprint density at radius 1 is 0.431 bits per heavy atom.